The molecular weight excluding hydrogens is 348 g/mol. The fourth-order valence-corrected chi connectivity index (χ4v) is 3.55. The first-order chi connectivity index (χ1) is 12.9. The summed E-state index contributed by atoms with van der Waals surface area (Å²) in [6.45, 7) is 3.32. The van der Waals surface area contributed by atoms with Gasteiger partial charge in [0.15, 0.2) is 0 Å². The minimum Gasteiger partial charge on any atom is -0.383 e. The van der Waals surface area contributed by atoms with E-state index in [9.17, 15) is 14.4 Å². The first kappa shape index (κ1) is 18.9. The van der Waals surface area contributed by atoms with Crippen molar-refractivity contribution in [3.05, 3.63) is 36.0 Å². The van der Waals surface area contributed by atoms with Crippen molar-refractivity contribution in [3.8, 4) is 0 Å². The van der Waals surface area contributed by atoms with Gasteiger partial charge in [0.1, 0.15) is 6.04 Å². The van der Waals surface area contributed by atoms with Crippen molar-refractivity contribution in [1.29, 1.82) is 0 Å². The normalized spacial score (nSPS) is 17.3. The van der Waals surface area contributed by atoms with Crippen LogP contribution >= 0.6 is 0 Å². The predicted octanol–water partition coefficient (Wildman–Crippen LogP) is 0.446. The van der Waals surface area contributed by atoms with Crippen molar-refractivity contribution in [3.63, 3.8) is 0 Å². The number of benzene rings is 1. The number of ether oxygens (including phenoxy) is 1. The molecule has 0 unspecified atom stereocenters. The minimum atomic E-state index is -0.804. The zero-order chi connectivity index (χ0) is 19.6. The van der Waals surface area contributed by atoms with Gasteiger partial charge >= 0.3 is 0 Å². The molecule has 1 aromatic heterocycles. The highest BCUT2D eigenvalue weighted by Gasteiger charge is 2.35. The second kappa shape index (κ2) is 7.79. The molecule has 144 valence electrons. The van der Waals surface area contributed by atoms with E-state index in [4.69, 9.17) is 10.5 Å². The van der Waals surface area contributed by atoms with E-state index in [0.29, 0.717) is 25.3 Å². The third-order valence-corrected chi connectivity index (χ3v) is 4.96. The SMILES string of the molecule is COCCn1cc(C(=O)N2CCN(C(C)=O)[C@@H](C(N)=O)C2)c2ccccc21. The number of nitrogens with zero attached hydrogens (tertiary/aromatic N) is 3. The van der Waals surface area contributed by atoms with Gasteiger partial charge in [-0.25, -0.2) is 0 Å². The fourth-order valence-electron chi connectivity index (χ4n) is 3.55. The van der Waals surface area contributed by atoms with Crippen LogP contribution in [0.3, 0.4) is 0 Å². The fraction of sp³-hybridized carbons (Fsp3) is 0.421. The molecule has 8 nitrogen and oxygen atoms in total. The summed E-state index contributed by atoms with van der Waals surface area (Å²) >= 11 is 0. The molecule has 1 saturated heterocycles. The molecule has 2 N–H and O–H groups in total. The first-order valence-corrected chi connectivity index (χ1v) is 8.86. The number of hydrogen-bond donors (Lipinski definition) is 1. The Morgan fingerprint density at radius 1 is 1.22 bits per heavy atom. The van der Waals surface area contributed by atoms with Gasteiger partial charge in [-0.1, -0.05) is 18.2 Å². The standard InChI is InChI=1S/C19H24N4O4/c1-13(24)23-8-7-22(12-17(23)18(20)25)19(26)15-11-21(9-10-27-2)16-6-4-3-5-14(15)16/h3-6,11,17H,7-10,12H2,1-2H3,(H2,20,25)/t17-/m1/s1. The lowest BCUT2D eigenvalue weighted by Gasteiger charge is -2.39. The highest BCUT2D eigenvalue weighted by molar-refractivity contribution is 6.07. The molecule has 0 bridgehead atoms. The number of amides is 3. The van der Waals surface area contributed by atoms with Crippen LogP contribution < -0.4 is 5.73 Å². The monoisotopic (exact) mass is 372 g/mol. The molecule has 2 aromatic rings. The highest BCUT2D eigenvalue weighted by Crippen LogP contribution is 2.24. The average molecular weight is 372 g/mol. The summed E-state index contributed by atoms with van der Waals surface area (Å²) in [6.07, 6.45) is 1.82. The third kappa shape index (κ3) is 3.66. The largest absolute Gasteiger partial charge is 0.383 e. The maximum Gasteiger partial charge on any atom is 0.256 e. The van der Waals surface area contributed by atoms with Crippen LogP contribution in [0.4, 0.5) is 0 Å². The summed E-state index contributed by atoms with van der Waals surface area (Å²) in [5.41, 5.74) is 6.98. The van der Waals surface area contributed by atoms with E-state index in [0.717, 1.165) is 10.9 Å². The molecule has 1 atom stereocenters. The molecule has 0 radical (unpaired) electrons. The lowest BCUT2D eigenvalue weighted by molar-refractivity contribution is -0.140. The Bertz CT molecular complexity index is 876. The number of hydrogen-bond acceptors (Lipinski definition) is 4. The van der Waals surface area contributed by atoms with Gasteiger partial charge < -0.3 is 24.8 Å². The Labute approximate surface area is 157 Å². The minimum absolute atomic E-state index is 0.103. The van der Waals surface area contributed by atoms with E-state index in [1.165, 1.54) is 11.8 Å². The van der Waals surface area contributed by atoms with Crippen LogP contribution in [0, 0.1) is 0 Å². The van der Waals surface area contributed by atoms with Gasteiger partial charge in [0.25, 0.3) is 5.91 Å². The summed E-state index contributed by atoms with van der Waals surface area (Å²) in [4.78, 5) is 39.7. The number of piperazine rings is 1. The van der Waals surface area contributed by atoms with Crippen LogP contribution in [0.15, 0.2) is 30.5 Å². The molecule has 0 saturated carbocycles. The second-order valence-corrected chi connectivity index (χ2v) is 6.63. The van der Waals surface area contributed by atoms with Gasteiger partial charge in [0.05, 0.1) is 18.7 Å². The van der Waals surface area contributed by atoms with Crippen LogP contribution in [0.2, 0.25) is 0 Å². The molecule has 3 rings (SSSR count). The summed E-state index contributed by atoms with van der Waals surface area (Å²) in [5.74, 6) is -0.996. The van der Waals surface area contributed by atoms with E-state index >= 15 is 0 Å². The quantitative estimate of drug-likeness (QED) is 0.824. The summed E-state index contributed by atoms with van der Waals surface area (Å²) in [5, 5.41) is 0.850. The number of rotatable bonds is 5. The summed E-state index contributed by atoms with van der Waals surface area (Å²) in [7, 11) is 1.64. The predicted molar refractivity (Wildman–Crippen MR) is 100 cm³/mol. The Morgan fingerprint density at radius 2 is 1.96 bits per heavy atom. The van der Waals surface area contributed by atoms with Crippen molar-refractivity contribution in [1.82, 2.24) is 14.4 Å². The number of fused-ring (bicyclic) bond motifs is 1. The second-order valence-electron chi connectivity index (χ2n) is 6.63. The Hall–Kier alpha value is -2.87. The van der Waals surface area contributed by atoms with Crippen LogP contribution in [-0.4, -0.2) is 71.5 Å². The molecule has 3 amide bonds. The van der Waals surface area contributed by atoms with E-state index < -0.39 is 11.9 Å². The number of para-hydroxylation sites is 1. The van der Waals surface area contributed by atoms with Crippen molar-refractivity contribution >= 4 is 28.6 Å². The molecule has 0 aliphatic carbocycles. The van der Waals surface area contributed by atoms with Crippen LogP contribution in [0.5, 0.6) is 0 Å². The maximum atomic E-state index is 13.2. The molecular formula is C19H24N4O4. The number of carbonyl (C=O) groups is 3. The topological polar surface area (TPSA) is 97.9 Å². The van der Waals surface area contributed by atoms with E-state index in [1.54, 1.807) is 12.0 Å². The third-order valence-electron chi connectivity index (χ3n) is 4.96. The molecule has 2 heterocycles. The number of nitrogens with two attached hydrogens (primary N) is 1. The lowest BCUT2D eigenvalue weighted by Crippen LogP contribution is -2.60. The molecule has 1 aliphatic heterocycles. The van der Waals surface area contributed by atoms with E-state index in [2.05, 4.69) is 0 Å². The number of primary amides is 1. The van der Waals surface area contributed by atoms with Crippen molar-refractivity contribution in [2.75, 3.05) is 33.4 Å². The van der Waals surface area contributed by atoms with Crippen molar-refractivity contribution in [2.24, 2.45) is 5.73 Å². The Morgan fingerprint density at radius 3 is 2.63 bits per heavy atom. The molecule has 27 heavy (non-hydrogen) atoms. The zero-order valence-corrected chi connectivity index (χ0v) is 15.6. The summed E-state index contributed by atoms with van der Waals surface area (Å²) in [6, 6.07) is 6.88. The Balaban J connectivity index is 1.90. The maximum absolute atomic E-state index is 13.2. The lowest BCUT2D eigenvalue weighted by atomic mass is 10.1. The van der Waals surface area contributed by atoms with Gasteiger partial charge in [-0.2, -0.15) is 0 Å². The zero-order valence-electron chi connectivity index (χ0n) is 15.6. The van der Waals surface area contributed by atoms with Gasteiger partial charge in [0.2, 0.25) is 11.8 Å². The molecule has 0 spiro atoms. The van der Waals surface area contributed by atoms with Gasteiger partial charge in [-0.05, 0) is 6.07 Å². The van der Waals surface area contributed by atoms with Crippen LogP contribution in [-0.2, 0) is 20.9 Å². The number of carbonyl (C=O) groups excluding carboxylic acids is 3. The van der Waals surface area contributed by atoms with Gasteiger partial charge in [0, 0.05) is 50.8 Å². The Kier molecular flexibility index (Phi) is 5.46. The van der Waals surface area contributed by atoms with Crippen molar-refractivity contribution < 1.29 is 19.1 Å². The highest BCUT2D eigenvalue weighted by atomic mass is 16.5. The van der Waals surface area contributed by atoms with Crippen LogP contribution in [0.1, 0.15) is 17.3 Å². The molecule has 1 aromatic carbocycles. The van der Waals surface area contributed by atoms with Gasteiger partial charge in [-0.3, -0.25) is 14.4 Å². The number of methoxy groups -OCH3 is 1. The summed E-state index contributed by atoms with van der Waals surface area (Å²) < 4.78 is 7.14. The molecule has 1 aliphatic rings. The number of aromatic nitrogens is 1. The molecule has 1 fully saturated rings. The average Bonchev–Trinajstić information content (AvgIpc) is 3.04. The van der Waals surface area contributed by atoms with E-state index in [1.807, 2.05) is 35.0 Å². The first-order valence-electron chi connectivity index (χ1n) is 8.86. The van der Waals surface area contributed by atoms with Crippen molar-refractivity contribution in [2.45, 2.75) is 19.5 Å². The van der Waals surface area contributed by atoms with Crippen LogP contribution in [0.25, 0.3) is 10.9 Å². The van der Waals surface area contributed by atoms with E-state index in [-0.39, 0.29) is 24.9 Å². The van der Waals surface area contributed by atoms with Gasteiger partial charge in [-0.15, -0.1) is 0 Å². The smallest absolute Gasteiger partial charge is 0.256 e. The molecule has 8 heteroatoms.